The number of aromatic nitrogens is 2. The zero-order chi connectivity index (χ0) is 28.5. The number of unbranched alkanes of at least 4 members (excludes halogenated alkanes) is 1. The van der Waals surface area contributed by atoms with Gasteiger partial charge in [-0.3, -0.25) is 9.59 Å². The molecule has 0 aliphatic rings. The number of rotatable bonds is 12. The maximum absolute atomic E-state index is 13.4. The summed E-state index contributed by atoms with van der Waals surface area (Å²) in [5.41, 5.74) is 2.54. The maximum atomic E-state index is 13.4. The first-order valence-electron chi connectivity index (χ1n) is 13.0. The second-order valence-electron chi connectivity index (χ2n) is 9.06. The van der Waals surface area contributed by atoms with Crippen molar-refractivity contribution in [2.75, 3.05) is 19.0 Å². The number of benzene rings is 3. The normalized spacial score (nSPS) is 11.1. The predicted molar refractivity (Wildman–Crippen MR) is 163 cm³/mol. The Morgan fingerprint density at radius 2 is 1.98 bits per heavy atom. The SMILES string of the molecule is C=CCc1cc(C=Nn2c(CCCC)nc3ccc(Br)cc3c2=O)cc(OC)c1OCC(=O)Nc1ccccc1. The molecule has 4 aromatic rings. The van der Waals surface area contributed by atoms with Crippen molar-refractivity contribution < 1.29 is 14.3 Å². The zero-order valence-electron chi connectivity index (χ0n) is 22.5. The Hall–Kier alpha value is -4.24. The number of aryl methyl sites for hydroxylation is 1. The van der Waals surface area contributed by atoms with Crippen LogP contribution in [0.2, 0.25) is 0 Å². The molecule has 0 atom stereocenters. The number of hydrogen-bond acceptors (Lipinski definition) is 6. The Labute approximate surface area is 241 Å². The highest BCUT2D eigenvalue weighted by Gasteiger charge is 2.15. The zero-order valence-corrected chi connectivity index (χ0v) is 24.1. The van der Waals surface area contributed by atoms with Crippen molar-refractivity contribution in [1.29, 1.82) is 0 Å². The summed E-state index contributed by atoms with van der Waals surface area (Å²) in [4.78, 5) is 30.6. The summed E-state index contributed by atoms with van der Waals surface area (Å²) in [6.45, 7) is 5.74. The lowest BCUT2D eigenvalue weighted by molar-refractivity contribution is -0.118. The van der Waals surface area contributed by atoms with E-state index in [0.717, 1.165) is 22.9 Å². The number of fused-ring (bicyclic) bond motifs is 1. The number of ether oxygens (including phenoxy) is 2. The molecular weight excluding hydrogens is 572 g/mol. The molecule has 0 saturated carbocycles. The minimum absolute atomic E-state index is 0.197. The molecule has 0 aliphatic heterocycles. The highest BCUT2D eigenvalue weighted by atomic mass is 79.9. The van der Waals surface area contributed by atoms with Crippen LogP contribution in [-0.2, 0) is 17.6 Å². The standard InChI is InChI=1S/C31H31BrN4O4/c1-4-6-13-28-35-26-15-14-23(32)18-25(26)31(38)36(28)33-19-21-16-22(10-5-2)30(27(17-21)39-3)40-20-29(37)34-24-11-8-7-9-12-24/h5,7-9,11-12,14-19H,2,4,6,10,13,20H2,1,3H3,(H,34,37). The first kappa shape index (κ1) is 28.8. The fraction of sp³-hybridized carbons (Fsp3) is 0.226. The quantitative estimate of drug-likeness (QED) is 0.155. The van der Waals surface area contributed by atoms with Crippen LogP contribution in [0.1, 0.15) is 36.7 Å². The Balaban J connectivity index is 1.65. The summed E-state index contributed by atoms with van der Waals surface area (Å²) in [6.07, 6.45) is 6.28. The number of allylic oxidation sites excluding steroid dienone is 1. The third kappa shape index (κ3) is 7.04. The summed E-state index contributed by atoms with van der Waals surface area (Å²) in [7, 11) is 1.53. The Kier molecular flexibility index (Phi) is 9.86. The number of para-hydroxylation sites is 1. The fourth-order valence-corrected chi connectivity index (χ4v) is 4.53. The first-order valence-corrected chi connectivity index (χ1v) is 13.8. The van der Waals surface area contributed by atoms with E-state index < -0.39 is 0 Å². The largest absolute Gasteiger partial charge is 0.493 e. The van der Waals surface area contributed by atoms with Crippen LogP contribution in [0.15, 0.2) is 87.7 Å². The highest BCUT2D eigenvalue weighted by molar-refractivity contribution is 9.10. The van der Waals surface area contributed by atoms with Crippen molar-refractivity contribution in [3.63, 3.8) is 0 Å². The van der Waals surface area contributed by atoms with Crippen LogP contribution >= 0.6 is 15.9 Å². The molecule has 1 heterocycles. The van der Waals surface area contributed by atoms with Gasteiger partial charge in [0.05, 0.1) is 24.2 Å². The number of methoxy groups -OCH3 is 1. The third-order valence-corrected chi connectivity index (χ3v) is 6.59. The highest BCUT2D eigenvalue weighted by Crippen LogP contribution is 2.33. The molecule has 0 spiro atoms. The lowest BCUT2D eigenvalue weighted by Gasteiger charge is -2.16. The van der Waals surface area contributed by atoms with Crippen LogP contribution in [0.4, 0.5) is 5.69 Å². The van der Waals surface area contributed by atoms with Crippen molar-refractivity contribution >= 4 is 44.6 Å². The molecular formula is C31H31BrN4O4. The lowest BCUT2D eigenvalue weighted by Crippen LogP contribution is -2.22. The van der Waals surface area contributed by atoms with Crippen LogP contribution in [0.5, 0.6) is 11.5 Å². The molecule has 0 radical (unpaired) electrons. The Morgan fingerprint density at radius 1 is 1.18 bits per heavy atom. The van der Waals surface area contributed by atoms with Crippen LogP contribution < -0.4 is 20.3 Å². The Bertz CT molecular complexity index is 1600. The van der Waals surface area contributed by atoms with Gasteiger partial charge in [0.25, 0.3) is 11.5 Å². The van der Waals surface area contributed by atoms with E-state index in [2.05, 4.69) is 39.9 Å². The molecule has 4 rings (SSSR count). The maximum Gasteiger partial charge on any atom is 0.282 e. The summed E-state index contributed by atoms with van der Waals surface area (Å²) in [5.74, 6) is 1.19. The van der Waals surface area contributed by atoms with Crippen molar-refractivity contribution in [2.24, 2.45) is 5.10 Å². The van der Waals surface area contributed by atoms with Crippen molar-refractivity contribution in [3.05, 3.63) is 105 Å². The topological polar surface area (TPSA) is 94.8 Å². The van der Waals surface area contributed by atoms with Gasteiger partial charge in [-0.05, 0) is 60.9 Å². The Morgan fingerprint density at radius 3 is 2.70 bits per heavy atom. The number of nitrogens with one attached hydrogen (secondary N) is 1. The average molecular weight is 604 g/mol. The minimum atomic E-state index is -0.294. The van der Waals surface area contributed by atoms with E-state index in [0.29, 0.717) is 52.3 Å². The second kappa shape index (κ2) is 13.7. The van der Waals surface area contributed by atoms with Gasteiger partial charge in [0.2, 0.25) is 0 Å². The summed E-state index contributed by atoms with van der Waals surface area (Å²) in [5, 5.41) is 7.84. The smallest absolute Gasteiger partial charge is 0.282 e. The molecule has 3 aromatic carbocycles. The van der Waals surface area contributed by atoms with Crippen LogP contribution in [0, 0.1) is 0 Å². The molecule has 0 aliphatic carbocycles. The van der Waals surface area contributed by atoms with Gasteiger partial charge in [0, 0.05) is 22.1 Å². The number of anilines is 1. The molecule has 206 valence electrons. The number of carbonyl (C=O) groups is 1. The van der Waals surface area contributed by atoms with Gasteiger partial charge in [-0.1, -0.05) is 53.5 Å². The molecule has 0 bridgehead atoms. The number of carbonyl (C=O) groups excluding carboxylic acids is 1. The number of amides is 1. The van der Waals surface area contributed by atoms with Crippen molar-refractivity contribution in [3.8, 4) is 11.5 Å². The number of nitrogens with zero attached hydrogens (tertiary/aromatic N) is 3. The minimum Gasteiger partial charge on any atom is -0.493 e. The predicted octanol–water partition coefficient (Wildman–Crippen LogP) is 6.14. The van der Waals surface area contributed by atoms with Crippen LogP contribution in [0.25, 0.3) is 10.9 Å². The molecule has 0 fully saturated rings. The van der Waals surface area contributed by atoms with E-state index in [4.69, 9.17) is 14.5 Å². The average Bonchev–Trinajstić information content (AvgIpc) is 2.96. The molecule has 0 unspecified atom stereocenters. The van der Waals surface area contributed by atoms with Gasteiger partial charge in [0.15, 0.2) is 18.1 Å². The van der Waals surface area contributed by atoms with E-state index in [1.807, 2.05) is 36.4 Å². The number of halogens is 1. The van der Waals surface area contributed by atoms with Gasteiger partial charge in [-0.25, -0.2) is 4.98 Å². The third-order valence-electron chi connectivity index (χ3n) is 6.10. The fourth-order valence-electron chi connectivity index (χ4n) is 4.17. The van der Waals surface area contributed by atoms with Gasteiger partial charge >= 0.3 is 0 Å². The lowest BCUT2D eigenvalue weighted by atomic mass is 10.1. The van der Waals surface area contributed by atoms with E-state index >= 15 is 0 Å². The summed E-state index contributed by atoms with van der Waals surface area (Å²) < 4.78 is 13.7. The van der Waals surface area contributed by atoms with Crippen LogP contribution in [0.3, 0.4) is 0 Å². The van der Waals surface area contributed by atoms with E-state index in [9.17, 15) is 9.59 Å². The van der Waals surface area contributed by atoms with Gasteiger partial charge in [-0.15, -0.1) is 6.58 Å². The molecule has 1 amide bonds. The molecule has 40 heavy (non-hydrogen) atoms. The molecule has 1 aromatic heterocycles. The number of hydrogen-bond donors (Lipinski definition) is 1. The van der Waals surface area contributed by atoms with Gasteiger partial charge < -0.3 is 14.8 Å². The van der Waals surface area contributed by atoms with Gasteiger partial charge in [0.1, 0.15) is 5.82 Å². The molecule has 8 nitrogen and oxygen atoms in total. The molecule has 9 heteroatoms. The molecule has 0 saturated heterocycles. The van der Waals surface area contributed by atoms with Gasteiger partial charge in [-0.2, -0.15) is 9.78 Å². The van der Waals surface area contributed by atoms with Crippen molar-refractivity contribution in [2.45, 2.75) is 32.6 Å². The monoisotopic (exact) mass is 602 g/mol. The van der Waals surface area contributed by atoms with Crippen LogP contribution in [-0.4, -0.2) is 35.5 Å². The summed E-state index contributed by atoms with van der Waals surface area (Å²) in [6, 6.07) is 18.3. The first-order chi connectivity index (χ1) is 19.4. The van der Waals surface area contributed by atoms with E-state index in [1.54, 1.807) is 36.6 Å². The van der Waals surface area contributed by atoms with E-state index in [1.165, 1.54) is 11.8 Å². The summed E-state index contributed by atoms with van der Waals surface area (Å²) >= 11 is 3.44. The van der Waals surface area contributed by atoms with E-state index in [-0.39, 0.29) is 18.1 Å². The van der Waals surface area contributed by atoms with Crippen molar-refractivity contribution in [1.82, 2.24) is 9.66 Å². The molecule has 1 N–H and O–H groups in total. The second-order valence-corrected chi connectivity index (χ2v) is 9.98.